The first-order chi connectivity index (χ1) is 17.1. The van der Waals surface area contributed by atoms with Crippen LogP contribution >= 0.6 is 0 Å². The minimum atomic E-state index is -3.96. The van der Waals surface area contributed by atoms with Gasteiger partial charge in [0.15, 0.2) is 0 Å². The number of benzene rings is 3. The normalized spacial score (nSPS) is 12.2. The molecule has 0 aliphatic carbocycles. The molecule has 0 spiro atoms. The van der Waals surface area contributed by atoms with Gasteiger partial charge < -0.3 is 14.8 Å². The monoisotopic (exact) mass is 515 g/mol. The molecule has 192 valence electrons. The van der Waals surface area contributed by atoms with Crippen LogP contribution in [0.5, 0.6) is 11.5 Å². The Morgan fingerprint density at radius 2 is 1.58 bits per heavy atom. The van der Waals surface area contributed by atoms with Crippen molar-refractivity contribution in [3.05, 3.63) is 89.7 Å². The van der Waals surface area contributed by atoms with Crippen LogP contribution in [0.1, 0.15) is 22.8 Å². The third kappa shape index (κ3) is 6.73. The predicted octanol–water partition coefficient (Wildman–Crippen LogP) is 3.84. The Morgan fingerprint density at radius 3 is 2.17 bits per heavy atom. The largest absolute Gasteiger partial charge is 0.497 e. The van der Waals surface area contributed by atoms with Gasteiger partial charge in [-0.2, -0.15) is 12.7 Å². The SMILES string of the molecule is COc1ccc(OC[C@H](C)NC(=O)c2ccc(CN(c3ccccc3F)S(=O)(=O)N(C)C)cc2)cc1. The van der Waals surface area contributed by atoms with Crippen molar-refractivity contribution >= 4 is 21.8 Å². The standard InChI is InChI=1S/C26H30FN3O5S/c1-19(18-35-23-15-13-22(34-4)14-16-23)28-26(31)21-11-9-20(10-12-21)17-30(36(32,33)29(2)3)25-8-6-5-7-24(25)27/h5-16,19H,17-18H2,1-4H3,(H,28,31)/t19-/m0/s1. The molecular formula is C26H30FN3O5S. The fraction of sp³-hybridized carbons (Fsp3) is 0.269. The van der Waals surface area contributed by atoms with Crippen molar-refractivity contribution in [2.75, 3.05) is 32.1 Å². The van der Waals surface area contributed by atoms with Gasteiger partial charge in [0, 0.05) is 19.7 Å². The van der Waals surface area contributed by atoms with Gasteiger partial charge in [0.05, 0.1) is 25.4 Å². The van der Waals surface area contributed by atoms with Crippen LogP contribution in [0.2, 0.25) is 0 Å². The Morgan fingerprint density at radius 1 is 0.972 bits per heavy atom. The second-order valence-electron chi connectivity index (χ2n) is 8.31. The van der Waals surface area contributed by atoms with Gasteiger partial charge in [-0.1, -0.05) is 24.3 Å². The molecule has 0 aliphatic rings. The number of para-hydroxylation sites is 1. The highest BCUT2D eigenvalue weighted by atomic mass is 32.2. The van der Waals surface area contributed by atoms with Crippen molar-refractivity contribution in [3.8, 4) is 11.5 Å². The lowest BCUT2D eigenvalue weighted by molar-refractivity contribution is 0.0926. The average Bonchev–Trinajstić information content (AvgIpc) is 2.87. The molecule has 1 amide bonds. The molecule has 36 heavy (non-hydrogen) atoms. The topological polar surface area (TPSA) is 88.2 Å². The zero-order valence-corrected chi connectivity index (χ0v) is 21.5. The van der Waals surface area contributed by atoms with Crippen LogP contribution in [0.25, 0.3) is 0 Å². The lowest BCUT2D eigenvalue weighted by Crippen LogP contribution is -2.40. The number of rotatable bonds is 11. The van der Waals surface area contributed by atoms with Crippen molar-refractivity contribution in [1.29, 1.82) is 0 Å². The number of hydrogen-bond donors (Lipinski definition) is 1. The van der Waals surface area contributed by atoms with Crippen molar-refractivity contribution in [2.24, 2.45) is 0 Å². The van der Waals surface area contributed by atoms with E-state index in [1.165, 1.54) is 32.3 Å². The molecule has 0 radical (unpaired) electrons. The van der Waals surface area contributed by atoms with E-state index in [-0.39, 0.29) is 30.8 Å². The molecule has 3 aromatic rings. The molecule has 0 heterocycles. The Bertz CT molecular complexity index is 1270. The number of nitrogens with one attached hydrogen (secondary N) is 1. The Labute approximate surface area is 211 Å². The number of hydrogen-bond acceptors (Lipinski definition) is 5. The summed E-state index contributed by atoms with van der Waals surface area (Å²) in [6, 6.07) is 19.1. The Kier molecular flexibility index (Phi) is 8.89. The maximum Gasteiger partial charge on any atom is 0.303 e. The predicted molar refractivity (Wildman–Crippen MR) is 137 cm³/mol. The summed E-state index contributed by atoms with van der Waals surface area (Å²) in [5, 5.41) is 2.87. The molecule has 8 nitrogen and oxygen atoms in total. The average molecular weight is 516 g/mol. The smallest absolute Gasteiger partial charge is 0.303 e. The van der Waals surface area contributed by atoms with Gasteiger partial charge in [0.2, 0.25) is 0 Å². The van der Waals surface area contributed by atoms with Gasteiger partial charge in [-0.3, -0.25) is 9.10 Å². The Hall–Kier alpha value is -3.63. The first kappa shape index (κ1) is 27.0. The van der Waals surface area contributed by atoms with Crippen molar-refractivity contribution < 1.29 is 27.1 Å². The van der Waals surface area contributed by atoms with E-state index in [1.54, 1.807) is 61.7 Å². The molecule has 10 heteroatoms. The molecule has 3 aromatic carbocycles. The van der Waals surface area contributed by atoms with E-state index in [1.807, 2.05) is 6.92 Å². The summed E-state index contributed by atoms with van der Waals surface area (Å²) in [5.41, 5.74) is 0.942. The number of anilines is 1. The lowest BCUT2D eigenvalue weighted by atomic mass is 10.1. The maximum absolute atomic E-state index is 14.4. The van der Waals surface area contributed by atoms with Crippen LogP contribution in [0.3, 0.4) is 0 Å². The fourth-order valence-electron chi connectivity index (χ4n) is 3.31. The fourth-order valence-corrected chi connectivity index (χ4v) is 4.41. The van der Waals surface area contributed by atoms with Crippen molar-refractivity contribution in [2.45, 2.75) is 19.5 Å². The number of carbonyl (C=O) groups excluding carboxylic acids is 1. The lowest BCUT2D eigenvalue weighted by Gasteiger charge is -2.27. The van der Waals surface area contributed by atoms with Crippen LogP contribution in [0, 0.1) is 5.82 Å². The number of nitrogens with zero attached hydrogens (tertiary/aromatic N) is 2. The summed E-state index contributed by atoms with van der Waals surface area (Å²) >= 11 is 0. The van der Waals surface area contributed by atoms with Crippen LogP contribution < -0.4 is 19.1 Å². The Balaban J connectivity index is 1.65. The summed E-state index contributed by atoms with van der Waals surface area (Å²) in [5.74, 6) is 0.445. The summed E-state index contributed by atoms with van der Waals surface area (Å²) in [7, 11) is 0.396. The molecule has 0 fully saturated rings. The quantitative estimate of drug-likeness (QED) is 0.419. The molecule has 0 aromatic heterocycles. The molecule has 1 atom stereocenters. The van der Waals surface area contributed by atoms with E-state index in [4.69, 9.17) is 9.47 Å². The number of halogens is 1. The van der Waals surface area contributed by atoms with Gasteiger partial charge in [0.1, 0.15) is 23.9 Å². The molecule has 3 rings (SSSR count). The highest BCUT2D eigenvalue weighted by Crippen LogP contribution is 2.25. The van der Waals surface area contributed by atoms with E-state index >= 15 is 0 Å². The molecule has 0 unspecified atom stereocenters. The van der Waals surface area contributed by atoms with Gasteiger partial charge in [-0.05, 0) is 61.0 Å². The number of methoxy groups -OCH3 is 1. The second kappa shape index (κ2) is 11.9. The summed E-state index contributed by atoms with van der Waals surface area (Å²) in [4.78, 5) is 12.7. The zero-order chi connectivity index (χ0) is 26.3. The highest BCUT2D eigenvalue weighted by molar-refractivity contribution is 7.90. The number of carbonyl (C=O) groups is 1. The first-order valence-electron chi connectivity index (χ1n) is 11.2. The van der Waals surface area contributed by atoms with Crippen molar-refractivity contribution in [3.63, 3.8) is 0 Å². The van der Waals surface area contributed by atoms with Crippen LogP contribution in [-0.2, 0) is 16.8 Å². The molecule has 0 saturated heterocycles. The van der Waals surface area contributed by atoms with E-state index in [0.717, 1.165) is 14.4 Å². The summed E-state index contributed by atoms with van der Waals surface area (Å²) in [6.07, 6.45) is 0. The maximum atomic E-state index is 14.4. The molecule has 1 N–H and O–H groups in total. The van der Waals surface area contributed by atoms with Crippen LogP contribution in [0.15, 0.2) is 72.8 Å². The minimum Gasteiger partial charge on any atom is -0.497 e. The second-order valence-corrected chi connectivity index (χ2v) is 10.4. The van der Waals surface area contributed by atoms with E-state index in [9.17, 15) is 17.6 Å². The van der Waals surface area contributed by atoms with Gasteiger partial charge >= 0.3 is 10.2 Å². The molecule has 0 aliphatic heterocycles. The molecule has 0 bridgehead atoms. The van der Waals surface area contributed by atoms with Gasteiger partial charge in [0.25, 0.3) is 5.91 Å². The van der Waals surface area contributed by atoms with Crippen molar-refractivity contribution in [1.82, 2.24) is 9.62 Å². The third-order valence-corrected chi connectivity index (χ3v) is 7.15. The van der Waals surface area contributed by atoms with Crippen LogP contribution in [0.4, 0.5) is 10.1 Å². The zero-order valence-electron chi connectivity index (χ0n) is 20.6. The third-order valence-electron chi connectivity index (χ3n) is 5.34. The van der Waals surface area contributed by atoms with E-state index in [2.05, 4.69) is 5.32 Å². The van der Waals surface area contributed by atoms with Crippen LogP contribution in [-0.4, -0.2) is 52.5 Å². The van der Waals surface area contributed by atoms with Gasteiger partial charge in [-0.15, -0.1) is 0 Å². The van der Waals surface area contributed by atoms with Gasteiger partial charge in [-0.25, -0.2) is 4.39 Å². The number of amides is 1. The molecule has 0 saturated carbocycles. The number of ether oxygens (including phenoxy) is 2. The summed E-state index contributed by atoms with van der Waals surface area (Å²) in [6.45, 7) is 2.00. The highest BCUT2D eigenvalue weighted by Gasteiger charge is 2.27. The molecular weight excluding hydrogens is 485 g/mol. The van der Waals surface area contributed by atoms with E-state index in [0.29, 0.717) is 16.9 Å². The van der Waals surface area contributed by atoms with E-state index < -0.39 is 16.0 Å². The minimum absolute atomic E-state index is 0.0568. The first-order valence-corrected chi connectivity index (χ1v) is 12.6. The summed E-state index contributed by atoms with van der Waals surface area (Å²) < 4.78 is 53.0.